The molecule has 0 aliphatic heterocycles. The van der Waals surface area contributed by atoms with E-state index in [0.717, 1.165) is 17.8 Å². The highest BCUT2D eigenvalue weighted by Gasteiger charge is 2.23. The topological polar surface area (TPSA) is 12.9 Å². The lowest BCUT2D eigenvalue weighted by Crippen LogP contribution is -2.15. The van der Waals surface area contributed by atoms with Crippen molar-refractivity contribution in [2.75, 3.05) is 0 Å². The van der Waals surface area contributed by atoms with Crippen molar-refractivity contribution in [1.82, 2.24) is 4.98 Å². The van der Waals surface area contributed by atoms with Gasteiger partial charge in [-0.3, -0.25) is 4.98 Å². The Bertz CT molecular complexity index is 483. The third-order valence-corrected chi connectivity index (χ3v) is 7.05. The fourth-order valence-corrected chi connectivity index (χ4v) is 4.91. The van der Waals surface area contributed by atoms with Gasteiger partial charge in [-0.25, -0.2) is 0 Å². The van der Waals surface area contributed by atoms with E-state index in [1.807, 2.05) is 0 Å². The molecule has 0 N–H and O–H groups in total. The predicted molar refractivity (Wildman–Crippen MR) is 124 cm³/mol. The van der Waals surface area contributed by atoms with Crippen LogP contribution in [-0.4, -0.2) is 4.98 Å². The summed E-state index contributed by atoms with van der Waals surface area (Å²) in [5.74, 6) is 2.63. The largest absolute Gasteiger partial charge is 0.261 e. The second-order valence-electron chi connectivity index (χ2n) is 9.65. The fraction of sp³-hybridized carbons (Fsp3) is 0.815. The van der Waals surface area contributed by atoms with Gasteiger partial charge in [-0.05, 0) is 62.0 Å². The summed E-state index contributed by atoms with van der Waals surface area (Å²) >= 11 is 0. The summed E-state index contributed by atoms with van der Waals surface area (Å²) in [5.41, 5.74) is 2.80. The lowest BCUT2D eigenvalue weighted by Gasteiger charge is -2.29. The molecule has 1 aliphatic rings. The molecular weight excluding hydrogens is 338 g/mol. The molecule has 1 heterocycles. The van der Waals surface area contributed by atoms with Crippen molar-refractivity contribution in [2.24, 2.45) is 11.8 Å². The van der Waals surface area contributed by atoms with Crippen LogP contribution in [-0.2, 0) is 6.42 Å². The molecule has 1 saturated carbocycles. The highest BCUT2D eigenvalue weighted by molar-refractivity contribution is 5.17. The first-order valence-corrected chi connectivity index (χ1v) is 12.7. The van der Waals surface area contributed by atoms with Gasteiger partial charge >= 0.3 is 0 Å². The van der Waals surface area contributed by atoms with Gasteiger partial charge in [-0.15, -0.1) is 0 Å². The molecule has 1 heteroatoms. The number of hydrogen-bond acceptors (Lipinski definition) is 1. The molecule has 0 saturated heterocycles. The number of rotatable bonds is 14. The molecule has 1 aromatic heterocycles. The zero-order valence-electron chi connectivity index (χ0n) is 19.2. The van der Waals surface area contributed by atoms with Gasteiger partial charge in [0.05, 0.1) is 0 Å². The second kappa shape index (κ2) is 14.2. The normalized spacial score (nSPS) is 21.0. The Kier molecular flexibility index (Phi) is 11.9. The summed E-state index contributed by atoms with van der Waals surface area (Å²) in [4.78, 5) is 4.86. The van der Waals surface area contributed by atoms with Gasteiger partial charge in [0, 0.05) is 17.8 Å². The van der Waals surface area contributed by atoms with Crippen LogP contribution in [0.3, 0.4) is 0 Å². The summed E-state index contributed by atoms with van der Waals surface area (Å²) in [5, 5.41) is 0. The van der Waals surface area contributed by atoms with Crippen molar-refractivity contribution >= 4 is 0 Å². The summed E-state index contributed by atoms with van der Waals surface area (Å²) < 4.78 is 0. The lowest BCUT2D eigenvalue weighted by molar-refractivity contribution is 0.283. The standard InChI is InChI=1S/C27H47N/c1-4-6-8-9-11-13-25-18-21-27(28-22-25)26-19-16-24(17-20-26)15-14-23(3)12-10-7-5-2/h18,21-24,26H,4-17,19-20H2,1-3H3/t23?,24-,26-. The van der Waals surface area contributed by atoms with Crippen molar-refractivity contribution in [3.8, 4) is 0 Å². The van der Waals surface area contributed by atoms with Crippen LogP contribution >= 0.6 is 0 Å². The molecular formula is C27H47N. The van der Waals surface area contributed by atoms with Crippen molar-refractivity contribution < 1.29 is 0 Å². The van der Waals surface area contributed by atoms with E-state index in [0.29, 0.717) is 0 Å². The zero-order chi connectivity index (χ0) is 20.0. The molecule has 1 nitrogen and oxygen atoms in total. The maximum absolute atomic E-state index is 4.86. The van der Waals surface area contributed by atoms with Crippen LogP contribution < -0.4 is 0 Å². The first kappa shape index (κ1) is 23.4. The minimum Gasteiger partial charge on any atom is -0.261 e. The van der Waals surface area contributed by atoms with Crippen LogP contribution in [0.15, 0.2) is 18.3 Å². The van der Waals surface area contributed by atoms with E-state index in [-0.39, 0.29) is 0 Å². The van der Waals surface area contributed by atoms with Crippen LogP contribution in [0.25, 0.3) is 0 Å². The van der Waals surface area contributed by atoms with Gasteiger partial charge in [-0.2, -0.15) is 0 Å². The maximum atomic E-state index is 4.86. The second-order valence-corrected chi connectivity index (χ2v) is 9.65. The van der Waals surface area contributed by atoms with E-state index in [1.165, 1.54) is 114 Å². The summed E-state index contributed by atoms with van der Waals surface area (Å²) in [6.45, 7) is 7.06. The Labute approximate surface area is 176 Å². The highest BCUT2D eigenvalue weighted by atomic mass is 14.7. The number of nitrogens with zero attached hydrogens (tertiary/aromatic N) is 1. The van der Waals surface area contributed by atoms with Crippen LogP contribution in [0.5, 0.6) is 0 Å². The smallest absolute Gasteiger partial charge is 0.0434 e. The Morgan fingerprint density at radius 3 is 2.25 bits per heavy atom. The number of hydrogen-bond donors (Lipinski definition) is 0. The van der Waals surface area contributed by atoms with Gasteiger partial charge < -0.3 is 0 Å². The number of aromatic nitrogens is 1. The molecule has 1 atom stereocenters. The molecule has 0 bridgehead atoms. The minimum atomic E-state index is 0.719. The molecule has 1 aromatic rings. The average Bonchev–Trinajstić information content (AvgIpc) is 2.73. The first-order valence-electron chi connectivity index (χ1n) is 12.7. The summed E-state index contributed by atoms with van der Waals surface area (Å²) in [7, 11) is 0. The monoisotopic (exact) mass is 385 g/mol. The molecule has 0 aromatic carbocycles. The van der Waals surface area contributed by atoms with Crippen molar-refractivity contribution in [1.29, 1.82) is 0 Å². The summed E-state index contributed by atoms with van der Waals surface area (Å²) in [6, 6.07) is 4.69. The van der Waals surface area contributed by atoms with Gasteiger partial charge in [-0.1, -0.05) is 91.0 Å². The Hall–Kier alpha value is -0.850. The van der Waals surface area contributed by atoms with E-state index >= 15 is 0 Å². The van der Waals surface area contributed by atoms with Crippen LogP contribution in [0.1, 0.15) is 134 Å². The predicted octanol–water partition coefficient (Wildman–Crippen LogP) is 8.86. The first-order chi connectivity index (χ1) is 13.7. The maximum Gasteiger partial charge on any atom is 0.0434 e. The molecule has 1 fully saturated rings. The van der Waals surface area contributed by atoms with Gasteiger partial charge in [0.2, 0.25) is 0 Å². The van der Waals surface area contributed by atoms with Crippen molar-refractivity contribution in [3.05, 3.63) is 29.6 Å². The third kappa shape index (κ3) is 9.10. The molecule has 160 valence electrons. The Balaban J connectivity index is 1.63. The number of pyridine rings is 1. The van der Waals surface area contributed by atoms with Crippen molar-refractivity contribution in [2.45, 2.75) is 129 Å². The van der Waals surface area contributed by atoms with E-state index in [1.54, 1.807) is 0 Å². The Morgan fingerprint density at radius 2 is 1.57 bits per heavy atom. The van der Waals surface area contributed by atoms with Gasteiger partial charge in [0.25, 0.3) is 0 Å². The fourth-order valence-electron chi connectivity index (χ4n) is 4.91. The molecule has 0 radical (unpaired) electrons. The third-order valence-electron chi connectivity index (χ3n) is 7.05. The van der Waals surface area contributed by atoms with E-state index in [2.05, 4.69) is 39.1 Å². The SMILES string of the molecule is CCCCCCCc1ccc([C@H]2CC[C@H](CCC(C)CCCCC)CC2)nc1. The Morgan fingerprint density at radius 1 is 0.857 bits per heavy atom. The molecule has 0 spiro atoms. The van der Waals surface area contributed by atoms with Crippen molar-refractivity contribution in [3.63, 3.8) is 0 Å². The molecule has 2 rings (SSSR count). The molecule has 28 heavy (non-hydrogen) atoms. The molecule has 0 amide bonds. The zero-order valence-corrected chi connectivity index (χ0v) is 19.2. The minimum absolute atomic E-state index is 0.719. The van der Waals surface area contributed by atoms with Gasteiger partial charge in [0.1, 0.15) is 0 Å². The average molecular weight is 386 g/mol. The van der Waals surface area contributed by atoms with Gasteiger partial charge in [0.15, 0.2) is 0 Å². The van der Waals surface area contributed by atoms with E-state index in [4.69, 9.17) is 4.98 Å². The van der Waals surface area contributed by atoms with Crippen LogP contribution in [0.2, 0.25) is 0 Å². The van der Waals surface area contributed by atoms with E-state index < -0.39 is 0 Å². The van der Waals surface area contributed by atoms with Crippen LogP contribution in [0.4, 0.5) is 0 Å². The number of unbranched alkanes of at least 4 members (excludes halogenated alkanes) is 6. The highest BCUT2D eigenvalue weighted by Crippen LogP contribution is 2.37. The number of aryl methyl sites for hydroxylation is 1. The quantitative estimate of drug-likeness (QED) is 0.291. The molecule has 1 aliphatic carbocycles. The van der Waals surface area contributed by atoms with E-state index in [9.17, 15) is 0 Å². The lowest BCUT2D eigenvalue weighted by atomic mass is 9.77. The van der Waals surface area contributed by atoms with Crippen LogP contribution in [0, 0.1) is 11.8 Å². The molecule has 1 unspecified atom stereocenters. The summed E-state index contributed by atoms with van der Waals surface area (Å²) in [6.07, 6.45) is 24.3.